The van der Waals surface area contributed by atoms with Crippen molar-refractivity contribution in [1.82, 2.24) is 20.0 Å². The van der Waals surface area contributed by atoms with Crippen LogP contribution in [0.25, 0.3) is 6.08 Å². The molecule has 0 saturated carbocycles. The normalized spacial score (nSPS) is 10.8. The third-order valence-electron chi connectivity index (χ3n) is 1.91. The van der Waals surface area contributed by atoms with Gasteiger partial charge in [-0.05, 0) is 6.08 Å². The van der Waals surface area contributed by atoms with E-state index in [1.165, 1.54) is 6.08 Å². The molecule has 0 aliphatic rings. The Morgan fingerprint density at radius 1 is 1.62 bits per heavy atom. The highest BCUT2D eigenvalue weighted by Crippen LogP contribution is 2.01. The number of carbonyl (C=O) groups is 1. The predicted octanol–water partition coefficient (Wildman–Crippen LogP) is 0.795. The topological polar surface area (TPSA) is 75.6 Å². The maximum atomic E-state index is 11.4. The van der Waals surface area contributed by atoms with Crippen molar-refractivity contribution in [2.24, 2.45) is 7.05 Å². The summed E-state index contributed by atoms with van der Waals surface area (Å²) in [6.07, 6.45) is 8.21. The highest BCUT2D eigenvalue weighted by atomic mass is 16.1. The van der Waals surface area contributed by atoms with Crippen LogP contribution in [0.3, 0.4) is 0 Å². The Balaban J connectivity index is 1.94. The van der Waals surface area contributed by atoms with Gasteiger partial charge in [-0.3, -0.25) is 14.6 Å². The number of nitrogens with one attached hydrogen (secondary N) is 2. The summed E-state index contributed by atoms with van der Waals surface area (Å²) in [5, 5.41) is 13.0. The first-order valence-corrected chi connectivity index (χ1v) is 4.71. The van der Waals surface area contributed by atoms with Gasteiger partial charge >= 0.3 is 0 Å². The van der Waals surface area contributed by atoms with E-state index < -0.39 is 0 Å². The zero-order chi connectivity index (χ0) is 11.4. The average molecular weight is 217 g/mol. The van der Waals surface area contributed by atoms with Crippen molar-refractivity contribution in [3.63, 3.8) is 0 Å². The molecule has 2 aromatic heterocycles. The molecule has 16 heavy (non-hydrogen) atoms. The van der Waals surface area contributed by atoms with Crippen molar-refractivity contribution in [2.45, 2.75) is 0 Å². The number of carbonyl (C=O) groups excluding carboxylic acids is 1. The number of anilines is 1. The number of nitrogens with zero attached hydrogens (tertiary/aromatic N) is 3. The molecular formula is C10H11N5O. The van der Waals surface area contributed by atoms with Crippen LogP contribution in [0.4, 0.5) is 5.82 Å². The van der Waals surface area contributed by atoms with Crippen molar-refractivity contribution in [3.8, 4) is 0 Å². The van der Waals surface area contributed by atoms with E-state index in [1.807, 2.05) is 13.2 Å². The minimum Gasteiger partial charge on any atom is -0.307 e. The van der Waals surface area contributed by atoms with Crippen molar-refractivity contribution in [3.05, 3.63) is 36.3 Å². The van der Waals surface area contributed by atoms with Crippen LogP contribution in [0.15, 0.2) is 30.7 Å². The molecule has 2 rings (SSSR count). The van der Waals surface area contributed by atoms with Gasteiger partial charge in [0.05, 0.1) is 12.4 Å². The quantitative estimate of drug-likeness (QED) is 0.746. The monoisotopic (exact) mass is 217 g/mol. The van der Waals surface area contributed by atoms with Crippen molar-refractivity contribution >= 4 is 17.8 Å². The summed E-state index contributed by atoms with van der Waals surface area (Å²) in [6, 6.07) is 1.68. The summed E-state index contributed by atoms with van der Waals surface area (Å²) in [5.74, 6) is 0.355. The first-order valence-electron chi connectivity index (χ1n) is 4.71. The van der Waals surface area contributed by atoms with Gasteiger partial charge in [0.1, 0.15) is 5.82 Å². The SMILES string of the molecule is Cn1cc(/C=C/C(=O)Nc2ccn[nH]2)cn1. The molecule has 0 radical (unpaired) electrons. The maximum Gasteiger partial charge on any atom is 0.249 e. The number of aryl methyl sites for hydroxylation is 1. The van der Waals surface area contributed by atoms with Crippen LogP contribution in [0.1, 0.15) is 5.56 Å². The summed E-state index contributed by atoms with van der Waals surface area (Å²) >= 11 is 0. The van der Waals surface area contributed by atoms with Gasteiger partial charge in [0.15, 0.2) is 0 Å². The molecule has 2 aromatic rings. The molecule has 0 aromatic carbocycles. The molecule has 0 spiro atoms. The Morgan fingerprint density at radius 3 is 3.12 bits per heavy atom. The van der Waals surface area contributed by atoms with Gasteiger partial charge in [-0.1, -0.05) is 0 Å². The van der Waals surface area contributed by atoms with Gasteiger partial charge in [0.2, 0.25) is 5.91 Å². The molecule has 0 aliphatic heterocycles. The standard InChI is InChI=1S/C10H11N5O/c1-15-7-8(6-12-15)2-3-10(16)13-9-4-5-11-14-9/h2-7H,1H3,(H2,11,13,14,16)/b3-2+. The minimum atomic E-state index is -0.215. The molecule has 1 amide bonds. The van der Waals surface area contributed by atoms with E-state index in [-0.39, 0.29) is 5.91 Å². The second-order valence-corrected chi connectivity index (χ2v) is 3.24. The number of hydrogen-bond acceptors (Lipinski definition) is 3. The third kappa shape index (κ3) is 2.57. The number of aromatic amines is 1. The van der Waals surface area contributed by atoms with Gasteiger partial charge in [0, 0.05) is 31.0 Å². The van der Waals surface area contributed by atoms with E-state index in [4.69, 9.17) is 0 Å². The molecule has 2 heterocycles. The third-order valence-corrected chi connectivity index (χ3v) is 1.91. The van der Waals surface area contributed by atoms with E-state index in [0.717, 1.165) is 5.56 Å². The lowest BCUT2D eigenvalue weighted by Gasteiger charge is -1.95. The van der Waals surface area contributed by atoms with Crippen LogP contribution in [-0.4, -0.2) is 25.9 Å². The van der Waals surface area contributed by atoms with Gasteiger partial charge in [-0.15, -0.1) is 0 Å². The largest absolute Gasteiger partial charge is 0.307 e. The second-order valence-electron chi connectivity index (χ2n) is 3.24. The Hall–Kier alpha value is -2.37. The summed E-state index contributed by atoms with van der Waals surface area (Å²) in [5.41, 5.74) is 0.877. The van der Waals surface area contributed by atoms with E-state index in [9.17, 15) is 4.79 Å². The van der Waals surface area contributed by atoms with Crippen LogP contribution in [0.2, 0.25) is 0 Å². The Labute approximate surface area is 92.0 Å². The lowest BCUT2D eigenvalue weighted by atomic mass is 10.3. The van der Waals surface area contributed by atoms with Crippen molar-refractivity contribution < 1.29 is 4.79 Å². The van der Waals surface area contributed by atoms with Crippen molar-refractivity contribution in [2.75, 3.05) is 5.32 Å². The Kier molecular flexibility index (Phi) is 2.81. The number of amides is 1. The summed E-state index contributed by atoms with van der Waals surface area (Å²) < 4.78 is 1.67. The Morgan fingerprint density at radius 2 is 2.50 bits per heavy atom. The van der Waals surface area contributed by atoms with Crippen LogP contribution in [0.5, 0.6) is 0 Å². The van der Waals surface area contributed by atoms with Gasteiger partial charge in [0.25, 0.3) is 0 Å². The molecule has 82 valence electrons. The lowest BCUT2D eigenvalue weighted by Crippen LogP contribution is -2.07. The molecule has 0 aliphatic carbocycles. The molecule has 6 heteroatoms. The number of hydrogen-bond donors (Lipinski definition) is 2. The fourth-order valence-corrected chi connectivity index (χ4v) is 1.20. The zero-order valence-corrected chi connectivity index (χ0v) is 8.71. The maximum absolute atomic E-state index is 11.4. The van der Waals surface area contributed by atoms with Crippen LogP contribution < -0.4 is 5.32 Å². The van der Waals surface area contributed by atoms with Gasteiger partial charge < -0.3 is 5.32 Å². The fourth-order valence-electron chi connectivity index (χ4n) is 1.20. The Bertz CT molecular complexity index is 497. The second kappa shape index (κ2) is 4.43. The smallest absolute Gasteiger partial charge is 0.249 e. The molecule has 0 fully saturated rings. The van der Waals surface area contributed by atoms with E-state index in [2.05, 4.69) is 20.6 Å². The number of aromatic nitrogens is 4. The van der Waals surface area contributed by atoms with Crippen molar-refractivity contribution in [1.29, 1.82) is 0 Å². The van der Waals surface area contributed by atoms with Gasteiger partial charge in [-0.2, -0.15) is 10.2 Å². The molecule has 0 atom stereocenters. The molecule has 0 bridgehead atoms. The molecule has 6 nitrogen and oxygen atoms in total. The highest BCUT2D eigenvalue weighted by Gasteiger charge is 1.98. The molecule has 0 unspecified atom stereocenters. The fraction of sp³-hybridized carbons (Fsp3) is 0.100. The van der Waals surface area contributed by atoms with E-state index in [1.54, 1.807) is 29.2 Å². The first-order chi connectivity index (χ1) is 7.74. The van der Waals surface area contributed by atoms with Crippen LogP contribution in [-0.2, 0) is 11.8 Å². The first kappa shape index (κ1) is 10.2. The highest BCUT2D eigenvalue weighted by molar-refractivity contribution is 6.01. The summed E-state index contributed by atoms with van der Waals surface area (Å²) in [6.45, 7) is 0. The molecule has 0 saturated heterocycles. The van der Waals surface area contributed by atoms with E-state index in [0.29, 0.717) is 5.82 Å². The summed E-state index contributed by atoms with van der Waals surface area (Å²) in [4.78, 5) is 11.4. The minimum absolute atomic E-state index is 0.215. The predicted molar refractivity (Wildman–Crippen MR) is 59.5 cm³/mol. The molecular weight excluding hydrogens is 206 g/mol. The summed E-state index contributed by atoms with van der Waals surface area (Å²) in [7, 11) is 1.82. The van der Waals surface area contributed by atoms with Gasteiger partial charge in [-0.25, -0.2) is 0 Å². The van der Waals surface area contributed by atoms with E-state index >= 15 is 0 Å². The number of rotatable bonds is 3. The lowest BCUT2D eigenvalue weighted by molar-refractivity contribution is -0.111. The van der Waals surface area contributed by atoms with Crippen LogP contribution in [0, 0.1) is 0 Å². The molecule has 2 N–H and O–H groups in total. The number of H-pyrrole nitrogens is 1. The van der Waals surface area contributed by atoms with Crippen LogP contribution >= 0.6 is 0 Å². The zero-order valence-electron chi connectivity index (χ0n) is 8.71. The average Bonchev–Trinajstić information content (AvgIpc) is 2.87.